The quantitative estimate of drug-likeness (QED) is 0.681. The van der Waals surface area contributed by atoms with E-state index in [1.807, 2.05) is 30.3 Å². The molecule has 0 bridgehead atoms. The molecule has 4 nitrogen and oxygen atoms in total. The third kappa shape index (κ3) is 3.47. The standard InChI is InChI=1S/C16H12N2O2/c17-11-13(16(18)19)10-12-6-8-15(9-7-12)20-14-4-2-1-3-5-14/h1-10H,(H2,18,19)/b13-10-. The van der Waals surface area contributed by atoms with E-state index in [9.17, 15) is 4.79 Å². The first-order valence-corrected chi connectivity index (χ1v) is 5.93. The Morgan fingerprint density at radius 2 is 1.65 bits per heavy atom. The summed E-state index contributed by atoms with van der Waals surface area (Å²) in [5.74, 6) is 0.675. The van der Waals surface area contributed by atoms with Crippen molar-refractivity contribution in [2.45, 2.75) is 0 Å². The maximum absolute atomic E-state index is 10.9. The van der Waals surface area contributed by atoms with Crippen LogP contribution in [0.5, 0.6) is 11.5 Å². The molecule has 2 rings (SSSR count). The van der Waals surface area contributed by atoms with Gasteiger partial charge in [-0.25, -0.2) is 0 Å². The third-order valence-corrected chi connectivity index (χ3v) is 2.56. The number of nitriles is 1. The molecule has 4 heteroatoms. The van der Waals surface area contributed by atoms with E-state index in [1.165, 1.54) is 6.08 Å². The molecule has 2 N–H and O–H groups in total. The summed E-state index contributed by atoms with van der Waals surface area (Å²) in [6.07, 6.45) is 1.44. The lowest BCUT2D eigenvalue weighted by atomic mass is 10.1. The molecular weight excluding hydrogens is 252 g/mol. The number of ether oxygens (including phenoxy) is 1. The van der Waals surface area contributed by atoms with Crippen LogP contribution in [0.15, 0.2) is 60.2 Å². The van der Waals surface area contributed by atoms with Crippen molar-refractivity contribution < 1.29 is 9.53 Å². The second-order valence-electron chi connectivity index (χ2n) is 4.02. The Morgan fingerprint density at radius 1 is 1.05 bits per heavy atom. The van der Waals surface area contributed by atoms with Crippen molar-refractivity contribution in [1.82, 2.24) is 0 Å². The zero-order valence-electron chi connectivity index (χ0n) is 10.6. The monoisotopic (exact) mass is 264 g/mol. The molecule has 1 amide bonds. The van der Waals surface area contributed by atoms with Crippen LogP contribution in [0.3, 0.4) is 0 Å². The highest BCUT2D eigenvalue weighted by atomic mass is 16.5. The lowest BCUT2D eigenvalue weighted by Crippen LogP contribution is -2.12. The predicted octanol–water partition coefficient (Wildman–Crippen LogP) is 2.87. The van der Waals surface area contributed by atoms with Gasteiger partial charge in [0.25, 0.3) is 5.91 Å². The molecule has 0 heterocycles. The van der Waals surface area contributed by atoms with Gasteiger partial charge in [-0.1, -0.05) is 30.3 Å². The Balaban J connectivity index is 2.15. The van der Waals surface area contributed by atoms with Gasteiger partial charge in [0.2, 0.25) is 0 Å². The SMILES string of the molecule is N#C/C(=C/c1ccc(Oc2ccccc2)cc1)C(N)=O. The third-order valence-electron chi connectivity index (χ3n) is 2.56. The van der Waals surface area contributed by atoms with Gasteiger partial charge in [0.15, 0.2) is 0 Å². The predicted molar refractivity (Wildman–Crippen MR) is 75.7 cm³/mol. The molecule has 0 saturated carbocycles. The number of benzene rings is 2. The van der Waals surface area contributed by atoms with Crippen LogP contribution >= 0.6 is 0 Å². The number of nitrogens with two attached hydrogens (primary N) is 1. The van der Waals surface area contributed by atoms with Crippen LogP contribution in [-0.4, -0.2) is 5.91 Å². The van der Waals surface area contributed by atoms with E-state index in [1.54, 1.807) is 30.3 Å². The van der Waals surface area contributed by atoms with E-state index < -0.39 is 5.91 Å². The number of carbonyl (C=O) groups is 1. The molecule has 0 atom stereocenters. The smallest absolute Gasteiger partial charge is 0.259 e. The van der Waals surface area contributed by atoms with Gasteiger partial charge in [-0.15, -0.1) is 0 Å². The number of hydrogen-bond donors (Lipinski definition) is 1. The van der Waals surface area contributed by atoms with Gasteiger partial charge < -0.3 is 10.5 Å². The van der Waals surface area contributed by atoms with Gasteiger partial charge in [-0.3, -0.25) is 4.79 Å². The molecule has 0 unspecified atom stereocenters. The highest BCUT2D eigenvalue weighted by Crippen LogP contribution is 2.21. The molecule has 20 heavy (non-hydrogen) atoms. The van der Waals surface area contributed by atoms with Crippen molar-refractivity contribution in [1.29, 1.82) is 5.26 Å². The van der Waals surface area contributed by atoms with Crippen molar-refractivity contribution in [3.63, 3.8) is 0 Å². The molecule has 0 aromatic heterocycles. The summed E-state index contributed by atoms with van der Waals surface area (Å²) < 4.78 is 5.63. The highest BCUT2D eigenvalue weighted by Gasteiger charge is 2.03. The van der Waals surface area contributed by atoms with Crippen molar-refractivity contribution in [2.24, 2.45) is 5.73 Å². The van der Waals surface area contributed by atoms with Gasteiger partial charge in [-0.2, -0.15) is 5.26 Å². The maximum Gasteiger partial charge on any atom is 0.259 e. The van der Waals surface area contributed by atoms with Crippen LogP contribution in [0.2, 0.25) is 0 Å². The van der Waals surface area contributed by atoms with Crippen molar-refractivity contribution in [3.05, 3.63) is 65.7 Å². The van der Waals surface area contributed by atoms with Crippen molar-refractivity contribution in [2.75, 3.05) is 0 Å². The Morgan fingerprint density at radius 3 is 2.20 bits per heavy atom. The van der Waals surface area contributed by atoms with Gasteiger partial charge >= 0.3 is 0 Å². The number of carbonyl (C=O) groups excluding carboxylic acids is 1. The average Bonchev–Trinajstić information content (AvgIpc) is 2.47. The first-order valence-electron chi connectivity index (χ1n) is 5.93. The fraction of sp³-hybridized carbons (Fsp3) is 0. The summed E-state index contributed by atoms with van der Waals surface area (Å²) in [6.45, 7) is 0. The van der Waals surface area contributed by atoms with E-state index in [0.29, 0.717) is 11.3 Å². The molecule has 2 aromatic rings. The molecule has 0 fully saturated rings. The fourth-order valence-electron chi connectivity index (χ4n) is 1.58. The Labute approximate surface area is 116 Å². The summed E-state index contributed by atoms with van der Waals surface area (Å²) in [4.78, 5) is 10.9. The topological polar surface area (TPSA) is 76.1 Å². The van der Waals surface area contributed by atoms with Crippen LogP contribution in [0, 0.1) is 11.3 Å². The molecule has 0 aliphatic rings. The Bertz CT molecular complexity index is 668. The minimum absolute atomic E-state index is 0.0817. The minimum atomic E-state index is -0.739. The van der Waals surface area contributed by atoms with E-state index in [0.717, 1.165) is 5.75 Å². The summed E-state index contributed by atoms with van der Waals surface area (Å²) in [6, 6.07) is 18.2. The molecular formula is C16H12N2O2. The summed E-state index contributed by atoms with van der Waals surface area (Å²) >= 11 is 0. The second-order valence-corrected chi connectivity index (χ2v) is 4.02. The van der Waals surface area contributed by atoms with Crippen LogP contribution < -0.4 is 10.5 Å². The van der Waals surface area contributed by atoms with Crippen LogP contribution in [0.1, 0.15) is 5.56 Å². The fourth-order valence-corrected chi connectivity index (χ4v) is 1.58. The van der Waals surface area contributed by atoms with Gasteiger partial charge in [-0.05, 0) is 35.9 Å². The number of nitrogens with zero attached hydrogens (tertiary/aromatic N) is 1. The van der Waals surface area contributed by atoms with E-state index >= 15 is 0 Å². The largest absolute Gasteiger partial charge is 0.457 e. The zero-order valence-corrected chi connectivity index (χ0v) is 10.6. The lowest BCUT2D eigenvalue weighted by Gasteiger charge is -2.05. The number of hydrogen-bond acceptors (Lipinski definition) is 3. The van der Waals surface area contributed by atoms with Crippen LogP contribution in [-0.2, 0) is 4.79 Å². The average molecular weight is 264 g/mol. The van der Waals surface area contributed by atoms with Crippen LogP contribution in [0.25, 0.3) is 6.08 Å². The summed E-state index contributed by atoms with van der Waals surface area (Å²) in [5, 5.41) is 8.76. The highest BCUT2D eigenvalue weighted by molar-refractivity contribution is 6.00. The number of primary amides is 1. The van der Waals surface area contributed by atoms with Gasteiger partial charge in [0, 0.05) is 0 Å². The van der Waals surface area contributed by atoms with E-state index in [-0.39, 0.29) is 5.57 Å². The Kier molecular flexibility index (Phi) is 4.15. The van der Waals surface area contributed by atoms with Crippen molar-refractivity contribution >= 4 is 12.0 Å². The minimum Gasteiger partial charge on any atom is -0.457 e. The summed E-state index contributed by atoms with van der Waals surface area (Å²) in [5.41, 5.74) is 5.70. The number of para-hydroxylation sites is 1. The molecule has 0 saturated heterocycles. The summed E-state index contributed by atoms with van der Waals surface area (Å²) in [7, 11) is 0. The lowest BCUT2D eigenvalue weighted by molar-refractivity contribution is -0.114. The molecule has 0 radical (unpaired) electrons. The maximum atomic E-state index is 10.9. The van der Waals surface area contributed by atoms with E-state index in [2.05, 4.69) is 0 Å². The normalized spacial score (nSPS) is 10.7. The van der Waals surface area contributed by atoms with Crippen LogP contribution in [0.4, 0.5) is 0 Å². The Hall–Kier alpha value is -3.06. The molecule has 98 valence electrons. The first-order chi connectivity index (χ1) is 9.69. The van der Waals surface area contributed by atoms with Crippen molar-refractivity contribution in [3.8, 4) is 17.6 Å². The van der Waals surface area contributed by atoms with Gasteiger partial charge in [0.05, 0.1) is 0 Å². The molecule has 0 spiro atoms. The van der Waals surface area contributed by atoms with Gasteiger partial charge in [0.1, 0.15) is 23.1 Å². The van der Waals surface area contributed by atoms with E-state index in [4.69, 9.17) is 15.7 Å². The molecule has 2 aromatic carbocycles. The first kappa shape index (κ1) is 13.4. The second kappa shape index (κ2) is 6.21. The number of rotatable bonds is 4. The zero-order chi connectivity index (χ0) is 14.4. The molecule has 0 aliphatic carbocycles. The number of amides is 1. The molecule has 0 aliphatic heterocycles.